The van der Waals surface area contributed by atoms with Crippen molar-refractivity contribution in [1.82, 2.24) is 4.98 Å². The zero-order valence-electron chi connectivity index (χ0n) is 7.44. The fourth-order valence-corrected chi connectivity index (χ4v) is 1.35. The molecule has 1 aromatic rings. The third kappa shape index (κ3) is 2.68. The molecular weight excluding hydrogens is 202 g/mol. The molecule has 0 spiro atoms. The van der Waals surface area contributed by atoms with Crippen molar-refractivity contribution in [1.29, 1.82) is 0 Å². The van der Waals surface area contributed by atoms with Crippen LogP contribution in [0.25, 0.3) is 0 Å². The van der Waals surface area contributed by atoms with Crippen molar-refractivity contribution in [3.05, 3.63) is 16.1 Å². The molecule has 0 unspecified atom stereocenters. The summed E-state index contributed by atoms with van der Waals surface area (Å²) < 4.78 is 4.48. The maximum absolute atomic E-state index is 11.0. The van der Waals surface area contributed by atoms with Crippen LogP contribution >= 0.6 is 11.3 Å². The van der Waals surface area contributed by atoms with E-state index in [9.17, 15) is 9.59 Å². The van der Waals surface area contributed by atoms with Gasteiger partial charge in [0, 0.05) is 5.38 Å². The molecule has 0 amide bonds. The quantitative estimate of drug-likeness (QED) is 0.412. The monoisotopic (exact) mass is 209 g/mol. The maximum atomic E-state index is 11.0. The average Bonchev–Trinajstić information content (AvgIpc) is 2.66. The van der Waals surface area contributed by atoms with Crippen molar-refractivity contribution in [2.75, 3.05) is 7.11 Å². The Morgan fingerprint density at radius 2 is 2.57 bits per heavy atom. The van der Waals surface area contributed by atoms with Crippen LogP contribution in [0.4, 0.5) is 0 Å². The summed E-state index contributed by atoms with van der Waals surface area (Å²) in [6.45, 7) is 0. The van der Waals surface area contributed by atoms with Crippen LogP contribution in [0.3, 0.4) is 0 Å². The summed E-state index contributed by atoms with van der Waals surface area (Å²) in [6.07, 6.45) is 0.884. The van der Waals surface area contributed by atoms with Crippen molar-refractivity contribution in [2.45, 2.75) is 6.42 Å². The lowest BCUT2D eigenvalue weighted by Crippen LogP contribution is -2.00. The Morgan fingerprint density at radius 3 is 3.21 bits per heavy atom. The number of hydrogen-bond donors (Lipinski definition) is 0. The number of carbonyl (C=O) groups excluding carboxylic acids is 2. The van der Waals surface area contributed by atoms with Gasteiger partial charge >= 0.3 is 5.97 Å². The minimum Gasteiger partial charge on any atom is -0.464 e. The first-order valence-electron chi connectivity index (χ1n) is 3.74. The number of ether oxygens (including phenoxy) is 1. The van der Waals surface area contributed by atoms with Gasteiger partial charge in [-0.25, -0.2) is 9.78 Å². The molecule has 14 heavy (non-hydrogen) atoms. The third-order valence-electron chi connectivity index (χ3n) is 1.28. The number of esters is 1. The summed E-state index contributed by atoms with van der Waals surface area (Å²) in [5, 5.41) is 2.07. The van der Waals surface area contributed by atoms with E-state index in [1.54, 1.807) is 5.38 Å². The first kappa shape index (κ1) is 10.4. The number of rotatable bonds is 2. The van der Waals surface area contributed by atoms with Crippen molar-refractivity contribution < 1.29 is 14.3 Å². The standard InChI is InChI=1S/C9H7NO3S/c1-13-9(12)7-6-14-8(10-7)4-2-3-5-11/h5-6H,3H2,1H3. The van der Waals surface area contributed by atoms with Crippen LogP contribution in [0.1, 0.15) is 21.9 Å². The van der Waals surface area contributed by atoms with Gasteiger partial charge in [0.2, 0.25) is 0 Å². The Balaban J connectivity index is 2.74. The third-order valence-corrected chi connectivity index (χ3v) is 2.04. The Morgan fingerprint density at radius 1 is 1.79 bits per heavy atom. The predicted octanol–water partition coefficient (Wildman–Crippen LogP) is 0.870. The molecule has 1 aromatic heterocycles. The van der Waals surface area contributed by atoms with Crippen LogP contribution in [-0.4, -0.2) is 24.3 Å². The second-order valence-corrected chi connectivity index (χ2v) is 3.06. The number of hydrogen-bond acceptors (Lipinski definition) is 5. The fraction of sp³-hybridized carbons (Fsp3) is 0.222. The van der Waals surface area contributed by atoms with Crippen LogP contribution < -0.4 is 0 Å². The molecule has 0 bridgehead atoms. The van der Waals surface area contributed by atoms with Crippen molar-refractivity contribution in [3.63, 3.8) is 0 Å². The van der Waals surface area contributed by atoms with E-state index in [-0.39, 0.29) is 12.1 Å². The van der Waals surface area contributed by atoms with Crippen LogP contribution in [-0.2, 0) is 9.53 Å². The van der Waals surface area contributed by atoms with E-state index in [2.05, 4.69) is 21.6 Å². The lowest BCUT2D eigenvalue weighted by molar-refractivity contribution is -0.107. The van der Waals surface area contributed by atoms with Gasteiger partial charge < -0.3 is 9.53 Å². The summed E-state index contributed by atoms with van der Waals surface area (Å²) in [5.74, 6) is 4.78. The normalized spacial score (nSPS) is 8.64. The van der Waals surface area contributed by atoms with Crippen molar-refractivity contribution in [3.8, 4) is 11.8 Å². The molecular formula is C9H7NO3S. The highest BCUT2D eigenvalue weighted by Crippen LogP contribution is 2.08. The Bertz CT molecular complexity index is 400. The van der Waals surface area contributed by atoms with E-state index in [0.717, 1.165) is 0 Å². The summed E-state index contributed by atoms with van der Waals surface area (Å²) in [5.41, 5.74) is 0.243. The highest BCUT2D eigenvalue weighted by Gasteiger charge is 2.08. The SMILES string of the molecule is COC(=O)c1csc(C#CCC=O)n1. The number of aldehydes is 1. The van der Waals surface area contributed by atoms with Gasteiger partial charge in [-0.1, -0.05) is 5.92 Å². The Hall–Kier alpha value is -1.67. The van der Waals surface area contributed by atoms with E-state index in [0.29, 0.717) is 11.3 Å². The van der Waals surface area contributed by atoms with Crippen LogP contribution in [0, 0.1) is 11.8 Å². The van der Waals surface area contributed by atoms with E-state index < -0.39 is 5.97 Å². The molecule has 1 heterocycles. The highest BCUT2D eigenvalue weighted by atomic mass is 32.1. The second-order valence-electron chi connectivity index (χ2n) is 2.20. The van der Waals surface area contributed by atoms with Crippen molar-refractivity contribution >= 4 is 23.6 Å². The second kappa shape index (κ2) is 5.14. The molecule has 4 nitrogen and oxygen atoms in total. The zero-order valence-corrected chi connectivity index (χ0v) is 8.26. The topological polar surface area (TPSA) is 56.3 Å². The lowest BCUT2D eigenvalue weighted by atomic mass is 10.4. The number of thiazole rings is 1. The largest absolute Gasteiger partial charge is 0.464 e. The molecule has 0 fully saturated rings. The molecule has 0 saturated carbocycles. The van der Waals surface area contributed by atoms with Gasteiger partial charge in [-0.3, -0.25) is 0 Å². The van der Waals surface area contributed by atoms with Crippen LogP contribution in [0.2, 0.25) is 0 Å². The molecule has 0 N–H and O–H groups in total. The minimum absolute atomic E-state index is 0.174. The molecule has 1 rings (SSSR count). The number of nitrogens with zero attached hydrogens (tertiary/aromatic N) is 1. The number of aromatic nitrogens is 1. The summed E-state index contributed by atoms with van der Waals surface area (Å²) in [7, 11) is 1.29. The maximum Gasteiger partial charge on any atom is 0.357 e. The fourth-order valence-electron chi connectivity index (χ4n) is 0.698. The van der Waals surface area contributed by atoms with Gasteiger partial charge in [0.1, 0.15) is 6.29 Å². The van der Waals surface area contributed by atoms with E-state index >= 15 is 0 Å². The van der Waals surface area contributed by atoms with Gasteiger partial charge in [-0.15, -0.1) is 11.3 Å². The van der Waals surface area contributed by atoms with E-state index in [1.807, 2.05) is 0 Å². The smallest absolute Gasteiger partial charge is 0.357 e. The van der Waals surface area contributed by atoms with Crippen LogP contribution in [0.15, 0.2) is 5.38 Å². The van der Waals surface area contributed by atoms with E-state index in [4.69, 9.17) is 0 Å². The molecule has 5 heteroatoms. The van der Waals surface area contributed by atoms with Gasteiger partial charge in [0.05, 0.1) is 13.5 Å². The summed E-state index contributed by atoms with van der Waals surface area (Å²) in [4.78, 5) is 24.8. The van der Waals surface area contributed by atoms with Gasteiger partial charge in [0.15, 0.2) is 10.7 Å². The molecule has 0 aliphatic rings. The highest BCUT2D eigenvalue weighted by molar-refractivity contribution is 7.10. The Kier molecular flexibility index (Phi) is 3.83. The molecule has 0 aliphatic carbocycles. The molecule has 0 aliphatic heterocycles. The molecule has 0 saturated heterocycles. The van der Waals surface area contributed by atoms with Crippen LogP contribution in [0.5, 0.6) is 0 Å². The first-order chi connectivity index (χ1) is 6.77. The van der Waals surface area contributed by atoms with E-state index in [1.165, 1.54) is 18.4 Å². The molecule has 0 aromatic carbocycles. The lowest BCUT2D eigenvalue weighted by Gasteiger charge is -1.89. The van der Waals surface area contributed by atoms with Gasteiger partial charge in [-0.05, 0) is 5.92 Å². The molecule has 72 valence electrons. The number of methoxy groups -OCH3 is 1. The predicted molar refractivity (Wildman–Crippen MR) is 51.0 cm³/mol. The molecule has 0 atom stereocenters. The first-order valence-corrected chi connectivity index (χ1v) is 4.62. The summed E-state index contributed by atoms with van der Waals surface area (Å²) >= 11 is 1.24. The van der Waals surface area contributed by atoms with Gasteiger partial charge in [0.25, 0.3) is 0 Å². The minimum atomic E-state index is -0.482. The zero-order chi connectivity index (χ0) is 10.4. The van der Waals surface area contributed by atoms with Crippen molar-refractivity contribution in [2.24, 2.45) is 0 Å². The Labute approximate surface area is 84.9 Å². The molecule has 0 radical (unpaired) electrons. The van der Waals surface area contributed by atoms with Gasteiger partial charge in [-0.2, -0.15) is 0 Å². The summed E-state index contributed by atoms with van der Waals surface area (Å²) in [6, 6.07) is 0. The average molecular weight is 209 g/mol. The number of carbonyl (C=O) groups is 2.